The van der Waals surface area contributed by atoms with E-state index >= 15 is 0 Å². The molecule has 27 heavy (non-hydrogen) atoms. The van der Waals surface area contributed by atoms with Crippen molar-refractivity contribution >= 4 is 40.8 Å². The molecule has 142 valence electrons. The van der Waals surface area contributed by atoms with Gasteiger partial charge in [0.15, 0.2) is 0 Å². The van der Waals surface area contributed by atoms with Gasteiger partial charge < -0.3 is 10.4 Å². The van der Waals surface area contributed by atoms with Crippen LogP contribution in [0.5, 0.6) is 0 Å². The number of carboxylic acids is 1. The molecule has 0 saturated carbocycles. The van der Waals surface area contributed by atoms with E-state index in [1.54, 1.807) is 12.1 Å². The largest absolute Gasteiger partial charge is 0.481 e. The number of hydrogen-bond acceptors (Lipinski definition) is 3. The molecule has 2 aromatic carbocycles. The molecule has 5 nitrogen and oxygen atoms in total. The number of benzene rings is 2. The predicted molar refractivity (Wildman–Crippen MR) is 106 cm³/mol. The van der Waals surface area contributed by atoms with Gasteiger partial charge in [0, 0.05) is 17.8 Å². The van der Waals surface area contributed by atoms with Crippen LogP contribution in [0.2, 0.25) is 10.0 Å². The molecular formula is C20H20Cl2N2O3. The lowest BCUT2D eigenvalue weighted by atomic mass is 9.97. The minimum Gasteiger partial charge on any atom is -0.481 e. The number of likely N-dealkylation sites (tertiary alicyclic amines) is 1. The molecule has 1 heterocycles. The van der Waals surface area contributed by atoms with Crippen LogP contribution in [0.1, 0.15) is 28.8 Å². The number of piperidine rings is 1. The first-order valence-electron chi connectivity index (χ1n) is 8.73. The van der Waals surface area contributed by atoms with Crippen molar-refractivity contribution in [1.29, 1.82) is 0 Å². The predicted octanol–water partition coefficient (Wildman–Crippen LogP) is 4.54. The third-order valence-electron chi connectivity index (χ3n) is 4.71. The minimum absolute atomic E-state index is 0.238. The van der Waals surface area contributed by atoms with Crippen LogP contribution in [-0.4, -0.2) is 35.0 Å². The van der Waals surface area contributed by atoms with Crippen molar-refractivity contribution in [2.24, 2.45) is 5.92 Å². The maximum absolute atomic E-state index is 12.4. The van der Waals surface area contributed by atoms with Crippen molar-refractivity contribution in [2.75, 3.05) is 18.4 Å². The molecule has 0 radical (unpaired) electrons. The van der Waals surface area contributed by atoms with Gasteiger partial charge in [0.25, 0.3) is 5.91 Å². The summed E-state index contributed by atoms with van der Waals surface area (Å²) in [7, 11) is 0. The van der Waals surface area contributed by atoms with E-state index < -0.39 is 5.97 Å². The number of carbonyl (C=O) groups is 2. The summed E-state index contributed by atoms with van der Waals surface area (Å²) >= 11 is 11.9. The van der Waals surface area contributed by atoms with Crippen molar-refractivity contribution < 1.29 is 14.7 Å². The molecule has 1 aliphatic rings. The lowest BCUT2D eigenvalue weighted by Gasteiger charge is -2.30. The molecule has 7 heteroatoms. The summed E-state index contributed by atoms with van der Waals surface area (Å²) in [6, 6.07) is 12.4. The second-order valence-electron chi connectivity index (χ2n) is 6.67. The molecule has 3 rings (SSSR count). The summed E-state index contributed by atoms with van der Waals surface area (Å²) in [5.41, 5.74) is 2.20. The minimum atomic E-state index is -0.707. The van der Waals surface area contributed by atoms with Gasteiger partial charge in [-0.15, -0.1) is 0 Å². The van der Waals surface area contributed by atoms with E-state index in [9.17, 15) is 9.59 Å². The van der Waals surface area contributed by atoms with E-state index in [0.717, 1.165) is 25.2 Å². The fraction of sp³-hybridized carbons (Fsp3) is 0.300. The fourth-order valence-electron chi connectivity index (χ4n) is 3.18. The van der Waals surface area contributed by atoms with Gasteiger partial charge in [-0.1, -0.05) is 35.3 Å². The number of nitrogens with one attached hydrogen (secondary N) is 1. The molecule has 1 aliphatic heterocycles. The summed E-state index contributed by atoms with van der Waals surface area (Å²) in [6.45, 7) is 2.25. The summed E-state index contributed by atoms with van der Waals surface area (Å²) in [5, 5.41) is 12.7. The number of hydrogen-bond donors (Lipinski definition) is 2. The van der Waals surface area contributed by atoms with Gasteiger partial charge >= 0.3 is 5.97 Å². The Kier molecular flexibility index (Phi) is 6.37. The van der Waals surface area contributed by atoms with Crippen LogP contribution in [0, 0.1) is 5.92 Å². The number of carbonyl (C=O) groups excluding carboxylic acids is 1. The Morgan fingerprint density at radius 1 is 1.07 bits per heavy atom. The highest BCUT2D eigenvalue weighted by atomic mass is 35.5. The van der Waals surface area contributed by atoms with E-state index in [0.29, 0.717) is 34.1 Å². The summed E-state index contributed by atoms with van der Waals surface area (Å²) in [5.74, 6) is -1.20. The van der Waals surface area contributed by atoms with E-state index in [4.69, 9.17) is 28.3 Å². The van der Waals surface area contributed by atoms with Crippen LogP contribution < -0.4 is 5.32 Å². The van der Waals surface area contributed by atoms with Gasteiger partial charge in [-0.25, -0.2) is 0 Å². The fourth-order valence-corrected chi connectivity index (χ4v) is 3.48. The maximum atomic E-state index is 12.4. The van der Waals surface area contributed by atoms with Gasteiger partial charge in [-0.05, 0) is 61.8 Å². The smallest absolute Gasteiger partial charge is 0.306 e. The highest BCUT2D eigenvalue weighted by molar-refractivity contribution is 6.42. The van der Waals surface area contributed by atoms with Gasteiger partial charge in [0.05, 0.1) is 16.0 Å². The van der Waals surface area contributed by atoms with Gasteiger partial charge in [-0.2, -0.15) is 0 Å². The van der Waals surface area contributed by atoms with Crippen LogP contribution in [0.3, 0.4) is 0 Å². The standard InChI is InChI=1S/C20H20Cl2N2O3/c21-17-5-4-15(11-18(17)22)19(25)23-16-3-1-2-13(10-16)12-24-8-6-14(7-9-24)20(26)27/h1-5,10-11,14H,6-9,12H2,(H,23,25)(H,26,27). The van der Waals surface area contributed by atoms with Crippen molar-refractivity contribution in [2.45, 2.75) is 19.4 Å². The Hall–Kier alpha value is -2.08. The van der Waals surface area contributed by atoms with E-state index in [1.165, 1.54) is 6.07 Å². The van der Waals surface area contributed by atoms with Crippen LogP contribution in [0.15, 0.2) is 42.5 Å². The van der Waals surface area contributed by atoms with Crippen LogP contribution in [-0.2, 0) is 11.3 Å². The Morgan fingerprint density at radius 3 is 2.48 bits per heavy atom. The number of rotatable bonds is 5. The number of amides is 1. The zero-order chi connectivity index (χ0) is 19.4. The average molecular weight is 407 g/mol. The van der Waals surface area contributed by atoms with Gasteiger partial charge in [-0.3, -0.25) is 14.5 Å². The lowest BCUT2D eigenvalue weighted by molar-refractivity contribution is -0.143. The second-order valence-corrected chi connectivity index (χ2v) is 7.49. The molecule has 0 aliphatic carbocycles. The summed E-state index contributed by atoms with van der Waals surface area (Å²) in [4.78, 5) is 25.7. The second kappa shape index (κ2) is 8.74. The quantitative estimate of drug-likeness (QED) is 0.764. The third kappa shape index (κ3) is 5.22. The Balaban J connectivity index is 1.61. The molecule has 0 bridgehead atoms. The molecule has 0 unspecified atom stereocenters. The highest BCUT2D eigenvalue weighted by Crippen LogP contribution is 2.24. The monoisotopic (exact) mass is 406 g/mol. The molecule has 0 atom stereocenters. The molecule has 0 aromatic heterocycles. The van der Waals surface area contributed by atoms with Crippen LogP contribution >= 0.6 is 23.2 Å². The third-order valence-corrected chi connectivity index (χ3v) is 5.45. The number of carboxylic acid groups (broad SMARTS) is 1. The first-order valence-corrected chi connectivity index (χ1v) is 9.48. The topological polar surface area (TPSA) is 69.6 Å². The summed E-state index contributed by atoms with van der Waals surface area (Å²) in [6.07, 6.45) is 1.34. The Labute approximate surface area is 167 Å². The van der Waals surface area contributed by atoms with Crippen molar-refractivity contribution in [3.63, 3.8) is 0 Å². The molecule has 1 amide bonds. The molecule has 2 aromatic rings. The molecule has 0 spiro atoms. The SMILES string of the molecule is O=C(Nc1cccc(CN2CCC(C(=O)O)CC2)c1)c1ccc(Cl)c(Cl)c1. The van der Waals surface area contributed by atoms with E-state index in [2.05, 4.69) is 10.2 Å². The average Bonchev–Trinajstić information content (AvgIpc) is 2.64. The zero-order valence-corrected chi connectivity index (χ0v) is 16.1. The normalized spacial score (nSPS) is 15.5. The van der Waals surface area contributed by atoms with Gasteiger partial charge in [0.2, 0.25) is 0 Å². The van der Waals surface area contributed by atoms with E-state index in [-0.39, 0.29) is 11.8 Å². The first-order chi connectivity index (χ1) is 12.9. The maximum Gasteiger partial charge on any atom is 0.306 e. The number of anilines is 1. The van der Waals surface area contributed by atoms with Crippen LogP contribution in [0.4, 0.5) is 5.69 Å². The molecule has 1 fully saturated rings. The van der Waals surface area contributed by atoms with E-state index in [1.807, 2.05) is 24.3 Å². The Bertz CT molecular complexity index is 849. The Morgan fingerprint density at radius 2 is 1.81 bits per heavy atom. The molecular weight excluding hydrogens is 387 g/mol. The molecule has 1 saturated heterocycles. The zero-order valence-electron chi connectivity index (χ0n) is 14.6. The van der Waals surface area contributed by atoms with Crippen molar-refractivity contribution in [3.8, 4) is 0 Å². The summed E-state index contributed by atoms with van der Waals surface area (Å²) < 4.78 is 0. The van der Waals surface area contributed by atoms with Crippen LogP contribution in [0.25, 0.3) is 0 Å². The molecule has 2 N–H and O–H groups in total. The lowest BCUT2D eigenvalue weighted by Crippen LogP contribution is -2.35. The van der Waals surface area contributed by atoms with Gasteiger partial charge in [0.1, 0.15) is 0 Å². The first kappa shape index (κ1) is 19.7. The number of halogens is 2. The highest BCUT2D eigenvalue weighted by Gasteiger charge is 2.24. The van der Waals surface area contributed by atoms with Crippen molar-refractivity contribution in [1.82, 2.24) is 4.90 Å². The number of nitrogens with zero attached hydrogens (tertiary/aromatic N) is 1. The van der Waals surface area contributed by atoms with Crippen molar-refractivity contribution in [3.05, 3.63) is 63.6 Å². The number of aliphatic carboxylic acids is 1.